The summed E-state index contributed by atoms with van der Waals surface area (Å²) in [4.78, 5) is -0.0407. The van der Waals surface area contributed by atoms with Crippen molar-refractivity contribution >= 4 is 29.6 Å². The van der Waals surface area contributed by atoms with Gasteiger partial charge in [0.05, 0.1) is 15.4 Å². The molecule has 0 aliphatic heterocycles. The van der Waals surface area contributed by atoms with Gasteiger partial charge in [0.25, 0.3) is 9.05 Å². The fourth-order valence-electron chi connectivity index (χ4n) is 1.18. The molecule has 0 fully saturated rings. The van der Waals surface area contributed by atoms with Gasteiger partial charge in [0.1, 0.15) is 0 Å². The van der Waals surface area contributed by atoms with E-state index in [4.69, 9.17) is 10.7 Å². The third-order valence-corrected chi connectivity index (χ3v) is 6.44. The first-order chi connectivity index (χ1) is 7.93. The van der Waals surface area contributed by atoms with Crippen molar-refractivity contribution in [2.45, 2.75) is 36.2 Å². The van der Waals surface area contributed by atoms with Gasteiger partial charge in [-0.05, 0) is 38.5 Å². The molecule has 0 amide bonds. The molecule has 0 radical (unpaired) electrons. The van der Waals surface area contributed by atoms with E-state index in [0.717, 1.165) is 0 Å². The molecule has 0 spiro atoms. The van der Waals surface area contributed by atoms with Crippen LogP contribution in [-0.4, -0.2) is 21.6 Å². The first-order valence-electron chi connectivity index (χ1n) is 5.19. The summed E-state index contributed by atoms with van der Waals surface area (Å²) >= 11 is 0. The molecule has 0 unspecified atom stereocenters. The van der Waals surface area contributed by atoms with Crippen LogP contribution in [0.4, 0.5) is 0 Å². The second kappa shape index (κ2) is 4.83. The number of benzene rings is 1. The minimum absolute atomic E-state index is 0.0407. The van der Waals surface area contributed by atoms with Gasteiger partial charge in [0.15, 0.2) is 9.84 Å². The van der Waals surface area contributed by atoms with Gasteiger partial charge in [-0.15, -0.1) is 0 Å². The highest BCUT2D eigenvalue weighted by Crippen LogP contribution is 2.22. The fraction of sp³-hybridized carbons (Fsp3) is 0.455. The van der Waals surface area contributed by atoms with E-state index in [-0.39, 0.29) is 10.6 Å². The smallest absolute Gasteiger partial charge is 0.228 e. The normalized spacial score (nSPS) is 13.6. The monoisotopic (exact) mass is 310 g/mol. The molecule has 0 aliphatic rings. The van der Waals surface area contributed by atoms with Crippen LogP contribution < -0.4 is 0 Å². The van der Waals surface area contributed by atoms with Crippen molar-refractivity contribution in [2.75, 3.05) is 0 Å². The molecule has 0 heterocycles. The molecule has 102 valence electrons. The summed E-state index contributed by atoms with van der Waals surface area (Å²) < 4.78 is 45.1. The third-order valence-electron chi connectivity index (χ3n) is 2.49. The van der Waals surface area contributed by atoms with E-state index in [0.29, 0.717) is 5.56 Å². The summed E-state index contributed by atoms with van der Waals surface area (Å²) in [6.45, 7) is 4.87. The second-order valence-corrected chi connectivity index (χ2v) is 10.3. The minimum Gasteiger partial charge on any atom is -0.228 e. The Labute approximate surface area is 112 Å². The highest BCUT2D eigenvalue weighted by atomic mass is 35.7. The van der Waals surface area contributed by atoms with Crippen LogP contribution in [0.5, 0.6) is 0 Å². The van der Waals surface area contributed by atoms with Crippen LogP contribution in [0.25, 0.3) is 0 Å². The maximum absolute atomic E-state index is 12.0. The van der Waals surface area contributed by atoms with Crippen LogP contribution in [-0.2, 0) is 24.6 Å². The molecule has 1 rings (SSSR count). The highest BCUT2D eigenvalue weighted by Gasteiger charge is 2.28. The molecule has 0 aromatic heterocycles. The molecule has 0 bridgehead atoms. The Morgan fingerprint density at radius 3 is 1.78 bits per heavy atom. The van der Waals surface area contributed by atoms with E-state index >= 15 is 0 Å². The number of halogens is 1. The molecular formula is C11H15ClO4S2. The predicted molar refractivity (Wildman–Crippen MR) is 71.9 cm³/mol. The first-order valence-corrected chi connectivity index (χ1v) is 9.15. The van der Waals surface area contributed by atoms with Crippen molar-refractivity contribution in [1.82, 2.24) is 0 Å². The standard InChI is InChI=1S/C11H15ClO4S2/c1-11(2,3)17(13,14)8-9-4-6-10(7-5-9)18(12,15)16/h4-7H,8H2,1-3H3. The molecule has 0 N–H and O–H groups in total. The van der Waals surface area contributed by atoms with Crippen molar-refractivity contribution in [3.63, 3.8) is 0 Å². The topological polar surface area (TPSA) is 68.3 Å². The largest absolute Gasteiger partial charge is 0.261 e. The molecule has 0 saturated carbocycles. The van der Waals surface area contributed by atoms with Crippen molar-refractivity contribution in [2.24, 2.45) is 0 Å². The van der Waals surface area contributed by atoms with Crippen LogP contribution in [0.1, 0.15) is 26.3 Å². The van der Waals surface area contributed by atoms with E-state index in [1.54, 1.807) is 20.8 Å². The number of rotatable bonds is 3. The molecule has 7 heteroatoms. The number of hydrogen-bond donors (Lipinski definition) is 0. The number of hydrogen-bond acceptors (Lipinski definition) is 4. The van der Waals surface area contributed by atoms with Gasteiger partial charge in [-0.1, -0.05) is 12.1 Å². The van der Waals surface area contributed by atoms with E-state index in [2.05, 4.69) is 0 Å². The van der Waals surface area contributed by atoms with Gasteiger partial charge in [-0.25, -0.2) is 16.8 Å². The zero-order valence-corrected chi connectivity index (χ0v) is 12.7. The minimum atomic E-state index is -3.77. The Balaban J connectivity index is 3.03. The Morgan fingerprint density at radius 2 is 1.44 bits per heavy atom. The lowest BCUT2D eigenvalue weighted by Gasteiger charge is -2.19. The summed E-state index contributed by atoms with van der Waals surface area (Å²) in [5.41, 5.74) is 0.536. The molecule has 0 saturated heterocycles. The number of sulfone groups is 1. The van der Waals surface area contributed by atoms with Crippen LogP contribution in [0.2, 0.25) is 0 Å². The summed E-state index contributed by atoms with van der Waals surface area (Å²) in [6, 6.07) is 5.52. The summed E-state index contributed by atoms with van der Waals surface area (Å²) in [7, 11) is -1.88. The SMILES string of the molecule is CC(C)(C)S(=O)(=O)Cc1ccc(S(=O)(=O)Cl)cc1. The Morgan fingerprint density at radius 1 is 1.00 bits per heavy atom. The lowest BCUT2D eigenvalue weighted by Crippen LogP contribution is -2.29. The van der Waals surface area contributed by atoms with Gasteiger partial charge in [0, 0.05) is 10.7 Å². The fourth-order valence-corrected chi connectivity index (χ4v) is 3.02. The van der Waals surface area contributed by atoms with Crippen molar-refractivity contribution < 1.29 is 16.8 Å². The van der Waals surface area contributed by atoms with Gasteiger partial charge in [-0.3, -0.25) is 0 Å². The third kappa shape index (κ3) is 3.70. The van der Waals surface area contributed by atoms with Crippen LogP contribution >= 0.6 is 10.7 Å². The Kier molecular flexibility index (Phi) is 4.15. The lowest BCUT2D eigenvalue weighted by molar-refractivity contribution is 0.559. The molecule has 4 nitrogen and oxygen atoms in total. The zero-order chi connectivity index (χ0) is 14.2. The molecule has 0 aliphatic carbocycles. The summed E-state index contributed by atoms with van der Waals surface area (Å²) in [6.07, 6.45) is 0. The van der Waals surface area contributed by atoms with Crippen LogP contribution in [0, 0.1) is 0 Å². The molecule has 0 atom stereocenters. The maximum atomic E-state index is 12.0. The van der Waals surface area contributed by atoms with E-state index in [9.17, 15) is 16.8 Å². The second-order valence-electron chi connectivity index (χ2n) is 4.95. The van der Waals surface area contributed by atoms with Gasteiger partial charge >= 0.3 is 0 Å². The quantitative estimate of drug-likeness (QED) is 0.804. The van der Waals surface area contributed by atoms with Crippen molar-refractivity contribution in [1.29, 1.82) is 0 Å². The summed E-state index contributed by atoms with van der Waals surface area (Å²) in [5.74, 6) is -0.126. The first kappa shape index (κ1) is 15.5. The van der Waals surface area contributed by atoms with Crippen molar-refractivity contribution in [3.8, 4) is 0 Å². The maximum Gasteiger partial charge on any atom is 0.261 e. The average Bonchev–Trinajstić information content (AvgIpc) is 2.14. The molecule has 18 heavy (non-hydrogen) atoms. The van der Waals surface area contributed by atoms with Crippen LogP contribution in [0.15, 0.2) is 29.2 Å². The van der Waals surface area contributed by atoms with Gasteiger partial charge in [-0.2, -0.15) is 0 Å². The van der Waals surface area contributed by atoms with Crippen LogP contribution in [0.3, 0.4) is 0 Å². The van der Waals surface area contributed by atoms with Crippen molar-refractivity contribution in [3.05, 3.63) is 29.8 Å². The Bertz CT molecular complexity index is 623. The van der Waals surface area contributed by atoms with E-state index in [1.165, 1.54) is 24.3 Å². The molecular weight excluding hydrogens is 296 g/mol. The molecule has 1 aromatic rings. The predicted octanol–water partition coefficient (Wildman–Crippen LogP) is 2.33. The zero-order valence-electron chi connectivity index (χ0n) is 10.3. The molecule has 1 aromatic carbocycles. The van der Waals surface area contributed by atoms with E-state index in [1.807, 2.05) is 0 Å². The highest BCUT2D eigenvalue weighted by molar-refractivity contribution is 8.13. The Hall–Kier alpha value is -0.590. The van der Waals surface area contributed by atoms with Gasteiger partial charge < -0.3 is 0 Å². The van der Waals surface area contributed by atoms with Gasteiger partial charge in [0.2, 0.25) is 0 Å². The van der Waals surface area contributed by atoms with E-state index < -0.39 is 23.6 Å². The average molecular weight is 311 g/mol. The summed E-state index contributed by atoms with van der Waals surface area (Å²) in [5, 5.41) is 0. The lowest BCUT2D eigenvalue weighted by atomic mass is 10.2.